The summed E-state index contributed by atoms with van der Waals surface area (Å²) < 4.78 is 7.56. The molecule has 0 bridgehead atoms. The molecule has 1 heterocycles. The summed E-state index contributed by atoms with van der Waals surface area (Å²) >= 11 is 0. The van der Waals surface area contributed by atoms with E-state index in [9.17, 15) is 4.79 Å². The van der Waals surface area contributed by atoms with Gasteiger partial charge in [-0.15, -0.1) is 0 Å². The number of carbonyl (C=O) groups excluding carboxylic acids is 1. The molecule has 0 spiro atoms. The van der Waals surface area contributed by atoms with Crippen LogP contribution in [0.5, 0.6) is 5.75 Å². The molecule has 2 aromatic carbocycles. The summed E-state index contributed by atoms with van der Waals surface area (Å²) in [5, 5.41) is 3.15. The molecule has 1 saturated carbocycles. The summed E-state index contributed by atoms with van der Waals surface area (Å²) in [7, 11) is 1.68. The number of aromatic nitrogens is 2. The Kier molecular flexibility index (Phi) is 6.67. The molecule has 1 aliphatic carbocycles. The van der Waals surface area contributed by atoms with E-state index in [1.54, 1.807) is 7.11 Å². The van der Waals surface area contributed by atoms with Crippen molar-refractivity contribution in [2.45, 2.75) is 51.5 Å². The van der Waals surface area contributed by atoms with Gasteiger partial charge in [-0.1, -0.05) is 43.5 Å². The molecule has 0 unspecified atom stereocenters. The summed E-state index contributed by atoms with van der Waals surface area (Å²) in [4.78, 5) is 17.2. The summed E-state index contributed by atoms with van der Waals surface area (Å²) in [5.74, 6) is 2.39. The number of methoxy groups -OCH3 is 1. The van der Waals surface area contributed by atoms with Crippen molar-refractivity contribution in [1.82, 2.24) is 14.9 Å². The van der Waals surface area contributed by atoms with Crippen LogP contribution in [0.15, 0.2) is 48.5 Å². The van der Waals surface area contributed by atoms with Gasteiger partial charge in [-0.05, 0) is 49.1 Å². The van der Waals surface area contributed by atoms with Crippen molar-refractivity contribution >= 4 is 16.9 Å². The Morgan fingerprint density at radius 1 is 1.10 bits per heavy atom. The molecule has 1 N–H and O–H groups in total. The minimum absolute atomic E-state index is 0.221. The highest BCUT2D eigenvalue weighted by Gasteiger charge is 2.20. The standard InChI is InChI=1S/C25H31N3O2/c1-30-21-15-13-19(14-16-21)18-28-23-11-6-5-10-22(23)27-24(28)12-7-17-26-25(29)20-8-3-2-4-9-20/h5-6,10-11,13-16,20H,2-4,7-9,12,17-18H2,1H3,(H,26,29). The summed E-state index contributed by atoms with van der Waals surface area (Å²) in [6.07, 6.45) is 7.47. The highest BCUT2D eigenvalue weighted by Crippen LogP contribution is 2.24. The Morgan fingerprint density at radius 3 is 2.63 bits per heavy atom. The highest BCUT2D eigenvalue weighted by molar-refractivity contribution is 5.78. The predicted molar refractivity (Wildman–Crippen MR) is 120 cm³/mol. The molecule has 0 radical (unpaired) electrons. The number of fused-ring (bicyclic) bond motifs is 1. The van der Waals surface area contributed by atoms with Crippen molar-refractivity contribution < 1.29 is 9.53 Å². The Morgan fingerprint density at radius 2 is 1.87 bits per heavy atom. The van der Waals surface area contributed by atoms with Crippen molar-refractivity contribution in [3.8, 4) is 5.75 Å². The number of hydrogen-bond acceptors (Lipinski definition) is 3. The molecule has 30 heavy (non-hydrogen) atoms. The molecule has 0 atom stereocenters. The third kappa shape index (κ3) is 4.84. The fraction of sp³-hybridized carbons (Fsp3) is 0.440. The number of nitrogens with one attached hydrogen (secondary N) is 1. The first-order chi connectivity index (χ1) is 14.7. The lowest BCUT2D eigenvalue weighted by Crippen LogP contribution is -2.32. The second-order valence-electron chi connectivity index (χ2n) is 8.18. The Labute approximate surface area is 178 Å². The minimum Gasteiger partial charge on any atom is -0.497 e. The average molecular weight is 406 g/mol. The van der Waals surface area contributed by atoms with Crippen LogP contribution in [0.1, 0.15) is 49.9 Å². The normalized spacial score (nSPS) is 14.7. The third-order valence-electron chi connectivity index (χ3n) is 6.09. The van der Waals surface area contributed by atoms with Gasteiger partial charge in [0.15, 0.2) is 0 Å². The van der Waals surface area contributed by atoms with E-state index >= 15 is 0 Å². The average Bonchev–Trinajstić information content (AvgIpc) is 3.15. The van der Waals surface area contributed by atoms with E-state index in [-0.39, 0.29) is 11.8 Å². The molecule has 1 aliphatic rings. The number of nitrogens with zero attached hydrogens (tertiary/aromatic N) is 2. The molecular formula is C25H31N3O2. The molecular weight excluding hydrogens is 374 g/mol. The quantitative estimate of drug-likeness (QED) is 0.552. The van der Waals surface area contributed by atoms with Crippen LogP contribution in [0.2, 0.25) is 0 Å². The maximum atomic E-state index is 12.4. The summed E-state index contributed by atoms with van der Waals surface area (Å²) in [5.41, 5.74) is 3.38. The zero-order valence-electron chi connectivity index (χ0n) is 17.8. The number of imidazole rings is 1. The Balaban J connectivity index is 1.41. The molecule has 0 saturated heterocycles. The van der Waals surface area contributed by atoms with Crippen molar-refractivity contribution in [1.29, 1.82) is 0 Å². The lowest BCUT2D eigenvalue weighted by molar-refractivity contribution is -0.125. The molecule has 3 aromatic rings. The van der Waals surface area contributed by atoms with E-state index in [0.29, 0.717) is 6.54 Å². The maximum Gasteiger partial charge on any atom is 0.223 e. The number of benzene rings is 2. The van der Waals surface area contributed by atoms with Crippen LogP contribution in [0, 0.1) is 5.92 Å². The number of hydrogen-bond donors (Lipinski definition) is 1. The lowest BCUT2D eigenvalue weighted by Gasteiger charge is -2.20. The topological polar surface area (TPSA) is 56.1 Å². The van der Waals surface area contributed by atoms with E-state index in [1.807, 2.05) is 18.2 Å². The molecule has 158 valence electrons. The van der Waals surface area contributed by atoms with Gasteiger partial charge in [0.05, 0.1) is 18.1 Å². The third-order valence-corrected chi connectivity index (χ3v) is 6.09. The molecule has 1 aromatic heterocycles. The number of para-hydroxylation sites is 2. The Bertz CT molecular complexity index is 972. The van der Waals surface area contributed by atoms with Gasteiger partial charge in [0.25, 0.3) is 0 Å². The molecule has 5 nitrogen and oxygen atoms in total. The van der Waals surface area contributed by atoms with Gasteiger partial charge in [0.1, 0.15) is 11.6 Å². The second kappa shape index (κ2) is 9.79. The van der Waals surface area contributed by atoms with Crippen molar-refractivity contribution in [2.24, 2.45) is 5.92 Å². The van der Waals surface area contributed by atoms with E-state index < -0.39 is 0 Å². The smallest absolute Gasteiger partial charge is 0.223 e. The predicted octanol–water partition coefficient (Wildman–Crippen LogP) is 4.72. The first kappa shape index (κ1) is 20.5. The van der Waals surface area contributed by atoms with Crippen LogP contribution in [-0.2, 0) is 17.8 Å². The summed E-state index contributed by atoms with van der Waals surface area (Å²) in [6, 6.07) is 16.5. The van der Waals surface area contributed by atoms with E-state index in [4.69, 9.17) is 9.72 Å². The zero-order valence-corrected chi connectivity index (χ0v) is 17.8. The van der Waals surface area contributed by atoms with Gasteiger partial charge in [-0.3, -0.25) is 4.79 Å². The monoisotopic (exact) mass is 405 g/mol. The van der Waals surface area contributed by atoms with Crippen molar-refractivity contribution in [2.75, 3.05) is 13.7 Å². The fourth-order valence-electron chi connectivity index (χ4n) is 4.37. The fourth-order valence-corrected chi connectivity index (χ4v) is 4.37. The minimum atomic E-state index is 0.221. The van der Waals surface area contributed by atoms with Gasteiger partial charge in [0, 0.05) is 25.4 Å². The van der Waals surface area contributed by atoms with Crippen molar-refractivity contribution in [3.05, 3.63) is 59.9 Å². The molecule has 0 aliphatic heterocycles. The molecule has 5 heteroatoms. The number of aryl methyl sites for hydroxylation is 1. The highest BCUT2D eigenvalue weighted by atomic mass is 16.5. The van der Waals surface area contributed by atoms with Crippen LogP contribution in [0.25, 0.3) is 11.0 Å². The largest absolute Gasteiger partial charge is 0.497 e. The lowest BCUT2D eigenvalue weighted by atomic mass is 9.89. The molecule has 4 rings (SSSR count). The van der Waals surface area contributed by atoms with Crippen LogP contribution in [-0.4, -0.2) is 29.1 Å². The number of amides is 1. The van der Waals surface area contributed by atoms with Crippen LogP contribution < -0.4 is 10.1 Å². The van der Waals surface area contributed by atoms with Crippen LogP contribution >= 0.6 is 0 Å². The maximum absolute atomic E-state index is 12.4. The van der Waals surface area contributed by atoms with Crippen molar-refractivity contribution in [3.63, 3.8) is 0 Å². The number of carbonyl (C=O) groups is 1. The SMILES string of the molecule is COc1ccc(Cn2c(CCCNC(=O)C3CCCCC3)nc3ccccc32)cc1. The van der Waals surface area contributed by atoms with Gasteiger partial charge in [-0.2, -0.15) is 0 Å². The second-order valence-corrected chi connectivity index (χ2v) is 8.18. The van der Waals surface area contributed by atoms with Gasteiger partial charge >= 0.3 is 0 Å². The van der Waals surface area contributed by atoms with E-state index in [1.165, 1.54) is 24.8 Å². The first-order valence-electron chi connectivity index (χ1n) is 11.1. The van der Waals surface area contributed by atoms with Crippen LogP contribution in [0.3, 0.4) is 0 Å². The van der Waals surface area contributed by atoms with Gasteiger partial charge in [0.2, 0.25) is 5.91 Å². The van der Waals surface area contributed by atoms with E-state index in [0.717, 1.165) is 54.8 Å². The zero-order chi connectivity index (χ0) is 20.8. The number of ether oxygens (including phenoxy) is 1. The van der Waals surface area contributed by atoms with Gasteiger partial charge < -0.3 is 14.6 Å². The van der Waals surface area contributed by atoms with Gasteiger partial charge in [-0.25, -0.2) is 4.98 Å². The first-order valence-corrected chi connectivity index (χ1v) is 11.1. The molecule has 1 amide bonds. The summed E-state index contributed by atoms with van der Waals surface area (Å²) in [6.45, 7) is 1.48. The number of rotatable bonds is 8. The van der Waals surface area contributed by atoms with E-state index in [2.05, 4.69) is 40.2 Å². The van der Waals surface area contributed by atoms with Crippen LogP contribution in [0.4, 0.5) is 0 Å². The Hall–Kier alpha value is -2.82. The molecule has 1 fully saturated rings.